The molecule has 116 valence electrons. The van der Waals surface area contributed by atoms with Crippen LogP contribution < -0.4 is 4.90 Å². The third-order valence-electron chi connectivity index (χ3n) is 4.22. The van der Waals surface area contributed by atoms with Gasteiger partial charge in [-0.05, 0) is 56.9 Å². The van der Waals surface area contributed by atoms with Crippen LogP contribution in [0.2, 0.25) is 0 Å². The summed E-state index contributed by atoms with van der Waals surface area (Å²) in [6.07, 6.45) is 3.99. The van der Waals surface area contributed by atoms with Crippen LogP contribution in [0.5, 0.6) is 0 Å². The molecule has 1 aromatic rings. The van der Waals surface area contributed by atoms with E-state index in [2.05, 4.69) is 6.92 Å². The number of carbonyl (C=O) groups is 2. The van der Waals surface area contributed by atoms with E-state index in [1.165, 1.54) is 11.3 Å². The van der Waals surface area contributed by atoms with E-state index in [1.807, 2.05) is 13.8 Å². The summed E-state index contributed by atoms with van der Waals surface area (Å²) in [7, 11) is 0. The van der Waals surface area contributed by atoms with Crippen LogP contribution in [-0.4, -0.2) is 23.0 Å². The molecule has 1 amide bonds. The fraction of sp³-hybridized carbons (Fsp3) is 0.625. The van der Waals surface area contributed by atoms with Crippen molar-refractivity contribution in [2.24, 2.45) is 11.8 Å². The number of carboxylic acids is 1. The lowest BCUT2D eigenvalue weighted by molar-refractivity contribution is -0.123. The number of aromatic carboxylic acids is 1. The fourth-order valence-corrected chi connectivity index (χ4v) is 3.73. The van der Waals surface area contributed by atoms with E-state index in [9.17, 15) is 14.7 Å². The number of carbonyl (C=O) groups excluding carboxylic acids is 1. The molecule has 0 unspecified atom stereocenters. The molecular weight excluding hydrogens is 286 g/mol. The van der Waals surface area contributed by atoms with Gasteiger partial charge in [-0.15, -0.1) is 11.3 Å². The molecule has 0 bridgehead atoms. The van der Waals surface area contributed by atoms with Gasteiger partial charge in [-0.2, -0.15) is 0 Å². The zero-order valence-electron chi connectivity index (χ0n) is 12.8. The standard InChI is InChI=1S/C16H23NO3S/c1-10(2)17(13-8-9-21-14(13)16(19)20)15(18)12-6-4-11(3)5-7-12/h8-12H,4-7H2,1-3H3,(H,19,20). The molecule has 1 aromatic heterocycles. The first-order valence-electron chi connectivity index (χ1n) is 7.55. The number of rotatable bonds is 4. The molecular formula is C16H23NO3S. The molecule has 0 aromatic carbocycles. The first-order chi connectivity index (χ1) is 9.91. The minimum absolute atomic E-state index is 0.0325. The van der Waals surface area contributed by atoms with Crippen molar-refractivity contribution >= 4 is 28.9 Å². The Bertz CT molecular complexity index is 515. The summed E-state index contributed by atoms with van der Waals surface area (Å²) < 4.78 is 0. The van der Waals surface area contributed by atoms with Gasteiger partial charge in [0.25, 0.3) is 0 Å². The van der Waals surface area contributed by atoms with Crippen LogP contribution in [0.15, 0.2) is 11.4 Å². The molecule has 1 aliphatic carbocycles. The maximum absolute atomic E-state index is 12.9. The van der Waals surface area contributed by atoms with Crippen LogP contribution in [0, 0.1) is 11.8 Å². The van der Waals surface area contributed by atoms with Crippen molar-refractivity contribution in [1.29, 1.82) is 0 Å². The molecule has 1 N–H and O–H groups in total. The molecule has 2 rings (SSSR count). The smallest absolute Gasteiger partial charge is 0.348 e. The van der Waals surface area contributed by atoms with E-state index in [1.54, 1.807) is 16.3 Å². The number of thiophene rings is 1. The summed E-state index contributed by atoms with van der Waals surface area (Å²) in [5, 5.41) is 11.0. The molecule has 0 atom stereocenters. The van der Waals surface area contributed by atoms with Crippen molar-refractivity contribution in [2.45, 2.75) is 52.5 Å². The first-order valence-corrected chi connectivity index (χ1v) is 8.43. The SMILES string of the molecule is CC1CCC(C(=O)N(c2ccsc2C(=O)O)C(C)C)CC1. The molecule has 0 radical (unpaired) electrons. The molecule has 0 saturated heterocycles. The van der Waals surface area contributed by atoms with Gasteiger partial charge in [0, 0.05) is 12.0 Å². The van der Waals surface area contributed by atoms with Gasteiger partial charge in [-0.25, -0.2) is 4.79 Å². The topological polar surface area (TPSA) is 57.6 Å². The van der Waals surface area contributed by atoms with E-state index in [4.69, 9.17) is 0 Å². The molecule has 1 heterocycles. The van der Waals surface area contributed by atoms with E-state index < -0.39 is 5.97 Å². The van der Waals surface area contributed by atoms with Crippen molar-refractivity contribution in [1.82, 2.24) is 0 Å². The van der Waals surface area contributed by atoms with Crippen LogP contribution in [0.1, 0.15) is 56.1 Å². The Hall–Kier alpha value is -1.36. The molecule has 4 nitrogen and oxygen atoms in total. The zero-order valence-corrected chi connectivity index (χ0v) is 13.7. The van der Waals surface area contributed by atoms with Gasteiger partial charge in [-0.3, -0.25) is 4.79 Å². The van der Waals surface area contributed by atoms with Crippen molar-refractivity contribution in [2.75, 3.05) is 4.90 Å². The second-order valence-corrected chi connectivity index (χ2v) is 7.12. The lowest BCUT2D eigenvalue weighted by atomic mass is 9.82. The predicted molar refractivity (Wildman–Crippen MR) is 85.0 cm³/mol. The second kappa shape index (κ2) is 6.60. The Balaban J connectivity index is 2.24. The highest BCUT2D eigenvalue weighted by molar-refractivity contribution is 7.12. The number of hydrogen-bond donors (Lipinski definition) is 1. The maximum atomic E-state index is 12.9. The van der Waals surface area contributed by atoms with Crippen LogP contribution in [0.3, 0.4) is 0 Å². The molecule has 1 fully saturated rings. The van der Waals surface area contributed by atoms with Crippen LogP contribution in [-0.2, 0) is 4.79 Å². The highest BCUT2D eigenvalue weighted by Gasteiger charge is 2.32. The van der Waals surface area contributed by atoms with Gasteiger partial charge in [0.15, 0.2) is 0 Å². The number of anilines is 1. The monoisotopic (exact) mass is 309 g/mol. The molecule has 1 aliphatic rings. The highest BCUT2D eigenvalue weighted by atomic mass is 32.1. The zero-order chi connectivity index (χ0) is 15.6. The lowest BCUT2D eigenvalue weighted by Gasteiger charge is -2.33. The summed E-state index contributed by atoms with van der Waals surface area (Å²) in [6.45, 7) is 6.10. The predicted octanol–water partition coefficient (Wildman–Crippen LogP) is 4.01. The van der Waals surface area contributed by atoms with E-state index in [0.29, 0.717) is 11.6 Å². The molecule has 21 heavy (non-hydrogen) atoms. The maximum Gasteiger partial charge on any atom is 0.348 e. The second-order valence-electron chi connectivity index (χ2n) is 6.20. The first kappa shape index (κ1) is 16.0. The Labute approximate surface area is 129 Å². The van der Waals surface area contributed by atoms with Crippen molar-refractivity contribution in [3.8, 4) is 0 Å². The van der Waals surface area contributed by atoms with Gasteiger partial charge in [-0.1, -0.05) is 6.92 Å². The van der Waals surface area contributed by atoms with Crippen molar-refractivity contribution in [3.63, 3.8) is 0 Å². The Kier molecular flexibility index (Phi) is 5.04. The van der Waals surface area contributed by atoms with Crippen LogP contribution in [0.25, 0.3) is 0 Å². The number of carboxylic acid groups (broad SMARTS) is 1. The Morgan fingerprint density at radius 1 is 1.29 bits per heavy atom. The number of amides is 1. The van der Waals surface area contributed by atoms with Crippen LogP contribution >= 0.6 is 11.3 Å². The van der Waals surface area contributed by atoms with Crippen LogP contribution in [0.4, 0.5) is 5.69 Å². The third kappa shape index (κ3) is 3.46. The highest BCUT2D eigenvalue weighted by Crippen LogP contribution is 2.34. The average Bonchev–Trinajstić information content (AvgIpc) is 2.88. The van der Waals surface area contributed by atoms with Gasteiger partial charge >= 0.3 is 5.97 Å². The van der Waals surface area contributed by atoms with E-state index in [-0.39, 0.29) is 22.7 Å². The summed E-state index contributed by atoms with van der Waals surface area (Å²) in [5.74, 6) is -0.157. The Morgan fingerprint density at radius 3 is 2.43 bits per heavy atom. The number of nitrogens with zero attached hydrogens (tertiary/aromatic N) is 1. The van der Waals surface area contributed by atoms with Gasteiger partial charge < -0.3 is 10.0 Å². The quantitative estimate of drug-likeness (QED) is 0.914. The summed E-state index contributed by atoms with van der Waals surface area (Å²) in [5.41, 5.74) is 0.547. The van der Waals surface area contributed by atoms with Gasteiger partial charge in [0.05, 0.1) is 5.69 Å². The van der Waals surface area contributed by atoms with E-state index >= 15 is 0 Å². The van der Waals surface area contributed by atoms with Gasteiger partial charge in [0.1, 0.15) is 4.88 Å². The molecule has 1 saturated carbocycles. The summed E-state index contributed by atoms with van der Waals surface area (Å²) >= 11 is 1.17. The van der Waals surface area contributed by atoms with Gasteiger partial charge in [0.2, 0.25) is 5.91 Å². The average molecular weight is 309 g/mol. The third-order valence-corrected chi connectivity index (χ3v) is 5.11. The molecule has 0 aliphatic heterocycles. The fourth-order valence-electron chi connectivity index (χ4n) is 3.01. The normalized spacial score (nSPS) is 22.3. The molecule has 5 heteroatoms. The number of hydrogen-bond acceptors (Lipinski definition) is 3. The lowest BCUT2D eigenvalue weighted by Crippen LogP contribution is -2.42. The summed E-state index contributed by atoms with van der Waals surface area (Å²) in [4.78, 5) is 26.1. The Morgan fingerprint density at radius 2 is 1.90 bits per heavy atom. The summed E-state index contributed by atoms with van der Waals surface area (Å²) in [6, 6.07) is 1.71. The minimum Gasteiger partial charge on any atom is -0.477 e. The largest absolute Gasteiger partial charge is 0.477 e. The van der Waals surface area contributed by atoms with Crippen molar-refractivity contribution in [3.05, 3.63) is 16.3 Å². The molecule has 0 spiro atoms. The van der Waals surface area contributed by atoms with E-state index in [0.717, 1.165) is 25.7 Å². The minimum atomic E-state index is -0.962. The van der Waals surface area contributed by atoms with Crippen molar-refractivity contribution < 1.29 is 14.7 Å².